The van der Waals surface area contributed by atoms with Crippen LogP contribution in [0.1, 0.15) is 37.2 Å². The number of H-pyrrole nitrogens is 1. The second-order valence-electron chi connectivity index (χ2n) is 5.39. The summed E-state index contributed by atoms with van der Waals surface area (Å²) in [6.07, 6.45) is 2.43. The van der Waals surface area contributed by atoms with E-state index in [1.807, 2.05) is 0 Å². The number of hydrogen-bond donors (Lipinski definition) is 2. The van der Waals surface area contributed by atoms with Crippen molar-refractivity contribution in [3.8, 4) is 0 Å². The van der Waals surface area contributed by atoms with E-state index in [4.69, 9.17) is 0 Å². The van der Waals surface area contributed by atoms with Crippen LogP contribution >= 0.6 is 0 Å². The molecule has 1 amide bonds. The van der Waals surface area contributed by atoms with Crippen LogP contribution < -0.4 is 0 Å². The molecule has 0 saturated carbocycles. The van der Waals surface area contributed by atoms with Crippen molar-refractivity contribution in [1.82, 2.24) is 20.3 Å². The average Bonchev–Trinajstić information content (AvgIpc) is 2.71. The maximum Gasteiger partial charge on any atom is 0.276 e. The standard InChI is InChI=1S/C11H18N4O2/c1-11(2)5-8(16)3-4-15(7-11)10(17)9-6-12-14-13-9/h6,8,16H,3-5,7H2,1-2H3,(H,12,13,14)/t8-/m0/s1. The Hall–Kier alpha value is -1.43. The first-order valence-electron chi connectivity index (χ1n) is 5.81. The first kappa shape index (κ1) is 12.0. The molecule has 2 heterocycles. The molecule has 1 saturated heterocycles. The molecule has 1 aromatic rings. The van der Waals surface area contributed by atoms with Crippen LogP contribution in [0.4, 0.5) is 0 Å². The van der Waals surface area contributed by atoms with Crippen molar-refractivity contribution in [2.75, 3.05) is 13.1 Å². The maximum atomic E-state index is 12.1. The summed E-state index contributed by atoms with van der Waals surface area (Å²) in [5.41, 5.74) is 0.257. The summed E-state index contributed by atoms with van der Waals surface area (Å²) in [5, 5.41) is 19.7. The fourth-order valence-corrected chi connectivity index (χ4v) is 2.35. The lowest BCUT2D eigenvalue weighted by Gasteiger charge is -2.29. The zero-order chi connectivity index (χ0) is 12.5. The highest BCUT2D eigenvalue weighted by atomic mass is 16.3. The molecule has 94 valence electrons. The first-order valence-corrected chi connectivity index (χ1v) is 5.81. The molecule has 0 bridgehead atoms. The number of likely N-dealkylation sites (tertiary alicyclic amines) is 1. The number of carbonyl (C=O) groups excluding carboxylic acids is 1. The van der Waals surface area contributed by atoms with Crippen molar-refractivity contribution in [2.45, 2.75) is 32.8 Å². The number of hydrogen-bond acceptors (Lipinski definition) is 4. The van der Waals surface area contributed by atoms with Gasteiger partial charge in [0.2, 0.25) is 0 Å². The predicted molar refractivity (Wildman–Crippen MR) is 61.3 cm³/mol. The van der Waals surface area contributed by atoms with Gasteiger partial charge in [-0.15, -0.1) is 0 Å². The van der Waals surface area contributed by atoms with Crippen LogP contribution in [0.15, 0.2) is 6.20 Å². The van der Waals surface area contributed by atoms with E-state index in [0.29, 0.717) is 25.2 Å². The molecule has 1 aliphatic heterocycles. The normalized spacial score (nSPS) is 24.4. The van der Waals surface area contributed by atoms with Crippen LogP contribution in [0.5, 0.6) is 0 Å². The lowest BCUT2D eigenvalue weighted by atomic mass is 9.87. The Balaban J connectivity index is 2.13. The van der Waals surface area contributed by atoms with Crippen molar-refractivity contribution in [3.05, 3.63) is 11.9 Å². The number of aromatic amines is 1. The van der Waals surface area contributed by atoms with E-state index >= 15 is 0 Å². The van der Waals surface area contributed by atoms with Gasteiger partial charge in [-0.25, -0.2) is 0 Å². The Bertz CT molecular complexity index is 388. The van der Waals surface area contributed by atoms with Crippen molar-refractivity contribution in [2.24, 2.45) is 5.41 Å². The van der Waals surface area contributed by atoms with Crippen LogP contribution in [-0.4, -0.2) is 50.5 Å². The largest absolute Gasteiger partial charge is 0.393 e. The number of nitrogens with zero attached hydrogens (tertiary/aromatic N) is 3. The van der Waals surface area contributed by atoms with E-state index in [1.165, 1.54) is 6.20 Å². The minimum absolute atomic E-state index is 0.0741. The molecule has 1 atom stereocenters. The quantitative estimate of drug-likeness (QED) is 0.743. The molecule has 6 nitrogen and oxygen atoms in total. The Kier molecular flexibility index (Phi) is 3.15. The summed E-state index contributed by atoms with van der Waals surface area (Å²) in [4.78, 5) is 13.9. The van der Waals surface area contributed by atoms with Crippen molar-refractivity contribution < 1.29 is 9.90 Å². The van der Waals surface area contributed by atoms with Crippen LogP contribution in [-0.2, 0) is 0 Å². The molecule has 0 aliphatic carbocycles. The highest BCUT2D eigenvalue weighted by molar-refractivity contribution is 5.91. The number of carbonyl (C=O) groups is 1. The van der Waals surface area contributed by atoms with Crippen LogP contribution in [0.25, 0.3) is 0 Å². The smallest absolute Gasteiger partial charge is 0.276 e. The second kappa shape index (κ2) is 4.44. The van der Waals surface area contributed by atoms with E-state index in [1.54, 1.807) is 4.90 Å². The van der Waals surface area contributed by atoms with Gasteiger partial charge in [-0.3, -0.25) is 4.79 Å². The fraction of sp³-hybridized carbons (Fsp3) is 0.727. The molecule has 0 aromatic carbocycles. The van der Waals surface area contributed by atoms with Gasteiger partial charge in [-0.05, 0) is 18.3 Å². The van der Waals surface area contributed by atoms with Crippen molar-refractivity contribution in [3.63, 3.8) is 0 Å². The van der Waals surface area contributed by atoms with Gasteiger partial charge in [0.1, 0.15) is 0 Å². The lowest BCUT2D eigenvalue weighted by molar-refractivity contribution is 0.0699. The molecular weight excluding hydrogens is 220 g/mol. The molecule has 17 heavy (non-hydrogen) atoms. The van der Waals surface area contributed by atoms with E-state index in [9.17, 15) is 9.90 Å². The van der Waals surface area contributed by atoms with Gasteiger partial charge in [-0.2, -0.15) is 15.4 Å². The third-order valence-corrected chi connectivity index (χ3v) is 3.06. The number of rotatable bonds is 1. The zero-order valence-corrected chi connectivity index (χ0v) is 10.2. The molecule has 0 unspecified atom stereocenters. The molecule has 0 radical (unpaired) electrons. The van der Waals surface area contributed by atoms with Crippen LogP contribution in [0.3, 0.4) is 0 Å². The van der Waals surface area contributed by atoms with E-state index in [-0.39, 0.29) is 17.4 Å². The van der Waals surface area contributed by atoms with Crippen LogP contribution in [0.2, 0.25) is 0 Å². The van der Waals surface area contributed by atoms with Gasteiger partial charge in [0, 0.05) is 13.1 Å². The number of aliphatic hydroxyl groups is 1. The summed E-state index contributed by atoms with van der Waals surface area (Å²) in [6, 6.07) is 0. The summed E-state index contributed by atoms with van der Waals surface area (Å²) in [6.45, 7) is 5.32. The third-order valence-electron chi connectivity index (χ3n) is 3.06. The molecule has 6 heteroatoms. The summed E-state index contributed by atoms with van der Waals surface area (Å²) >= 11 is 0. The zero-order valence-electron chi connectivity index (χ0n) is 10.2. The third kappa shape index (κ3) is 2.82. The number of aromatic nitrogens is 3. The Labute approximate surface area is 100 Å². The van der Waals surface area contributed by atoms with E-state index in [0.717, 1.165) is 6.42 Å². The van der Waals surface area contributed by atoms with Crippen LogP contribution in [0, 0.1) is 5.41 Å². The van der Waals surface area contributed by atoms with E-state index in [2.05, 4.69) is 29.3 Å². The molecule has 0 spiro atoms. The number of amides is 1. The average molecular weight is 238 g/mol. The monoisotopic (exact) mass is 238 g/mol. The highest BCUT2D eigenvalue weighted by Gasteiger charge is 2.32. The predicted octanol–water partition coefficient (Wildman–Crippen LogP) is 0.428. The molecule has 2 rings (SSSR count). The molecule has 1 aliphatic rings. The first-order chi connectivity index (χ1) is 7.98. The SMILES string of the molecule is CC1(C)C[C@@H](O)CCN(C(=O)c2cn[nH]n2)C1. The summed E-state index contributed by atoms with van der Waals surface area (Å²) in [7, 11) is 0. The van der Waals surface area contributed by atoms with E-state index < -0.39 is 0 Å². The second-order valence-corrected chi connectivity index (χ2v) is 5.39. The van der Waals surface area contributed by atoms with Gasteiger partial charge in [0.25, 0.3) is 5.91 Å². The Morgan fingerprint density at radius 3 is 3.06 bits per heavy atom. The number of aliphatic hydroxyl groups excluding tert-OH is 1. The minimum atomic E-state index is -0.333. The fourth-order valence-electron chi connectivity index (χ4n) is 2.35. The topological polar surface area (TPSA) is 82.1 Å². The number of nitrogens with one attached hydrogen (secondary N) is 1. The Morgan fingerprint density at radius 1 is 1.65 bits per heavy atom. The van der Waals surface area contributed by atoms with Crippen molar-refractivity contribution in [1.29, 1.82) is 0 Å². The van der Waals surface area contributed by atoms with Gasteiger partial charge in [0.15, 0.2) is 5.69 Å². The molecule has 1 aromatic heterocycles. The molecule has 2 N–H and O–H groups in total. The molecule has 1 fully saturated rings. The summed E-state index contributed by atoms with van der Waals surface area (Å²) < 4.78 is 0. The van der Waals surface area contributed by atoms with Gasteiger partial charge >= 0.3 is 0 Å². The van der Waals surface area contributed by atoms with Crippen molar-refractivity contribution >= 4 is 5.91 Å². The maximum absolute atomic E-state index is 12.1. The molecular formula is C11H18N4O2. The van der Waals surface area contributed by atoms with Gasteiger partial charge in [-0.1, -0.05) is 13.8 Å². The highest BCUT2D eigenvalue weighted by Crippen LogP contribution is 2.28. The van der Waals surface area contributed by atoms with Gasteiger partial charge < -0.3 is 10.0 Å². The summed E-state index contributed by atoms with van der Waals surface area (Å²) in [5.74, 6) is -0.124. The van der Waals surface area contributed by atoms with Gasteiger partial charge in [0.05, 0.1) is 12.3 Å². The lowest BCUT2D eigenvalue weighted by Crippen LogP contribution is -2.37. The Morgan fingerprint density at radius 2 is 2.41 bits per heavy atom. The minimum Gasteiger partial charge on any atom is -0.393 e.